The Hall–Kier alpha value is -2.80. The number of carbonyl (C=O) groups is 2. The van der Waals surface area contributed by atoms with Crippen LogP contribution in [0.25, 0.3) is 11.2 Å². The zero-order valence-electron chi connectivity index (χ0n) is 22.7. The summed E-state index contributed by atoms with van der Waals surface area (Å²) in [5.41, 5.74) is 3.79. The average Bonchev–Trinajstić information content (AvgIpc) is 3.24. The molecule has 0 saturated heterocycles. The number of imidazole rings is 1. The van der Waals surface area contributed by atoms with Crippen LogP contribution in [0, 0.1) is 16.7 Å². The van der Waals surface area contributed by atoms with Crippen LogP contribution in [-0.4, -0.2) is 62.1 Å². The van der Waals surface area contributed by atoms with E-state index in [2.05, 4.69) is 15.0 Å². The molecule has 38 heavy (non-hydrogen) atoms. The number of aromatic hydroxyl groups is 1. The normalized spacial score (nSPS) is 19.9. The second kappa shape index (κ2) is 10.8. The Balaban J connectivity index is 1.71. The first-order valence-corrected chi connectivity index (χ1v) is 13.7. The fourth-order valence-electron chi connectivity index (χ4n) is 3.35. The largest absolute Gasteiger partial charge is 0.492 e. The highest BCUT2D eigenvalue weighted by molar-refractivity contribution is 7.53. The summed E-state index contributed by atoms with van der Waals surface area (Å²) >= 11 is 0. The first-order chi connectivity index (χ1) is 17.5. The van der Waals surface area contributed by atoms with Crippen LogP contribution in [-0.2, 0) is 44.0 Å². The number of carbonyl (C=O) groups excluding carboxylic acids is 2. The third-order valence-corrected chi connectivity index (χ3v) is 7.35. The highest BCUT2D eigenvalue weighted by atomic mass is 31.2. The lowest BCUT2D eigenvalue weighted by molar-refractivity contribution is -0.162. The standard InChI is InChI=1S/C23H36N5O9P/c1-14-8-23(14,9-28-10-25-15-16(28)26-20(24)27-17(15)29)35-13-38(32,36-11-33-18(30)21(2,3)4)37-12-34-19(31)22(5,6)7/h10,14H,8-9,11-13H2,1-7H3,(H3,24,26,27,29). The summed E-state index contributed by atoms with van der Waals surface area (Å²) in [6, 6.07) is 0. The van der Waals surface area contributed by atoms with E-state index in [-0.39, 0.29) is 29.8 Å². The Bertz CT molecular complexity index is 1200. The van der Waals surface area contributed by atoms with Crippen LogP contribution in [0.5, 0.6) is 5.88 Å². The molecule has 1 saturated carbocycles. The summed E-state index contributed by atoms with van der Waals surface area (Å²) in [7, 11) is -4.06. The molecule has 1 aliphatic carbocycles. The van der Waals surface area contributed by atoms with E-state index < -0.39 is 55.9 Å². The van der Waals surface area contributed by atoms with E-state index in [0.717, 1.165) is 0 Å². The van der Waals surface area contributed by atoms with Gasteiger partial charge in [0.25, 0.3) is 0 Å². The topological polar surface area (TPSA) is 187 Å². The lowest BCUT2D eigenvalue weighted by Gasteiger charge is -2.24. The maximum absolute atomic E-state index is 13.5. The molecule has 0 aromatic carbocycles. The number of nitrogens with zero attached hydrogens (tertiary/aromatic N) is 4. The number of ether oxygens (including phenoxy) is 3. The van der Waals surface area contributed by atoms with Crippen molar-refractivity contribution in [1.29, 1.82) is 0 Å². The fourth-order valence-corrected chi connectivity index (χ4v) is 4.41. The van der Waals surface area contributed by atoms with Crippen molar-refractivity contribution >= 4 is 36.6 Å². The van der Waals surface area contributed by atoms with Crippen molar-refractivity contribution in [3.63, 3.8) is 0 Å². The number of hydrogen-bond donors (Lipinski definition) is 2. The zero-order chi connectivity index (χ0) is 28.5. The van der Waals surface area contributed by atoms with Gasteiger partial charge in [0.15, 0.2) is 11.2 Å². The predicted molar refractivity (Wildman–Crippen MR) is 134 cm³/mol. The number of nitrogen functional groups attached to an aromatic ring is 1. The van der Waals surface area contributed by atoms with Crippen molar-refractivity contribution in [3.8, 4) is 5.88 Å². The molecule has 2 heterocycles. The van der Waals surface area contributed by atoms with E-state index in [0.29, 0.717) is 12.1 Å². The van der Waals surface area contributed by atoms with Crippen LogP contribution in [0.4, 0.5) is 5.95 Å². The van der Waals surface area contributed by atoms with E-state index in [1.54, 1.807) is 46.1 Å². The minimum atomic E-state index is -4.06. The number of esters is 2. The summed E-state index contributed by atoms with van der Waals surface area (Å²) in [6.07, 6.45) is 1.57. The van der Waals surface area contributed by atoms with Crippen molar-refractivity contribution in [2.45, 2.75) is 67.0 Å². The van der Waals surface area contributed by atoms with Gasteiger partial charge in [0.2, 0.25) is 25.4 Å². The van der Waals surface area contributed by atoms with E-state index in [9.17, 15) is 19.3 Å². The molecule has 3 rings (SSSR count). The van der Waals surface area contributed by atoms with Crippen LogP contribution in [0.15, 0.2) is 6.33 Å². The van der Waals surface area contributed by atoms with Crippen molar-refractivity contribution < 1.29 is 42.5 Å². The highest BCUT2D eigenvalue weighted by Crippen LogP contribution is 2.54. The summed E-state index contributed by atoms with van der Waals surface area (Å²) < 4.78 is 42.1. The fraction of sp³-hybridized carbons (Fsp3) is 0.696. The first kappa shape index (κ1) is 29.8. The Kier molecular flexibility index (Phi) is 8.42. The quantitative estimate of drug-likeness (QED) is 0.233. The molecule has 0 bridgehead atoms. The number of anilines is 1. The number of fused-ring (bicyclic) bond motifs is 1. The van der Waals surface area contributed by atoms with Gasteiger partial charge in [-0.05, 0) is 53.9 Å². The SMILES string of the molecule is CC1CC1(Cn1cnc2c(O)nc(N)nc21)OCP(=O)(OCOC(=O)C(C)(C)C)OCOC(=O)C(C)(C)C. The maximum atomic E-state index is 13.5. The Labute approximate surface area is 220 Å². The van der Waals surface area contributed by atoms with Crippen molar-refractivity contribution in [1.82, 2.24) is 19.5 Å². The Morgan fingerprint density at radius 1 is 1.11 bits per heavy atom. The van der Waals surface area contributed by atoms with Gasteiger partial charge < -0.3 is 29.6 Å². The molecule has 0 amide bonds. The van der Waals surface area contributed by atoms with E-state index in [4.69, 9.17) is 29.0 Å². The minimum Gasteiger partial charge on any atom is -0.492 e. The number of rotatable bonds is 11. The monoisotopic (exact) mass is 557 g/mol. The van der Waals surface area contributed by atoms with Gasteiger partial charge in [0, 0.05) is 0 Å². The van der Waals surface area contributed by atoms with Gasteiger partial charge in [-0.1, -0.05) is 6.92 Å². The minimum absolute atomic E-state index is 0.0543. The molecule has 2 atom stereocenters. The van der Waals surface area contributed by atoms with Crippen molar-refractivity contribution in [3.05, 3.63) is 6.33 Å². The van der Waals surface area contributed by atoms with Gasteiger partial charge in [0.1, 0.15) is 6.35 Å². The molecule has 2 aromatic heterocycles. The van der Waals surface area contributed by atoms with E-state index in [1.807, 2.05) is 6.92 Å². The second-order valence-electron chi connectivity index (χ2n) is 11.4. The number of nitrogens with two attached hydrogens (primary N) is 1. The third-order valence-electron chi connectivity index (χ3n) is 5.90. The molecule has 1 aliphatic rings. The van der Waals surface area contributed by atoms with Crippen LogP contribution < -0.4 is 5.73 Å². The van der Waals surface area contributed by atoms with Gasteiger partial charge in [-0.15, -0.1) is 0 Å². The van der Waals surface area contributed by atoms with Crippen LogP contribution in [0.3, 0.4) is 0 Å². The molecule has 2 unspecified atom stereocenters. The molecule has 212 valence electrons. The molecule has 1 fully saturated rings. The number of aromatic nitrogens is 4. The molecule has 0 aliphatic heterocycles. The summed E-state index contributed by atoms with van der Waals surface area (Å²) in [4.78, 5) is 36.2. The van der Waals surface area contributed by atoms with E-state index >= 15 is 0 Å². The average molecular weight is 558 g/mol. The van der Waals surface area contributed by atoms with Crippen molar-refractivity contribution in [2.24, 2.45) is 16.7 Å². The maximum Gasteiger partial charge on any atom is 0.361 e. The van der Waals surface area contributed by atoms with Crippen LogP contribution >= 0.6 is 7.60 Å². The molecule has 14 nitrogen and oxygen atoms in total. The van der Waals surface area contributed by atoms with E-state index in [1.165, 1.54) is 6.33 Å². The molecule has 0 spiro atoms. The van der Waals surface area contributed by atoms with Gasteiger partial charge in [-0.3, -0.25) is 23.2 Å². The molecule has 3 N–H and O–H groups in total. The molecule has 0 radical (unpaired) electrons. The summed E-state index contributed by atoms with van der Waals surface area (Å²) in [5, 5.41) is 10.0. The zero-order valence-corrected chi connectivity index (χ0v) is 23.6. The molecular formula is C23H36N5O9P. The lowest BCUT2D eigenvalue weighted by Crippen LogP contribution is -2.27. The predicted octanol–water partition coefficient (Wildman–Crippen LogP) is 3.19. The highest BCUT2D eigenvalue weighted by Gasteiger charge is 2.54. The Morgan fingerprint density at radius 2 is 1.63 bits per heavy atom. The summed E-state index contributed by atoms with van der Waals surface area (Å²) in [6.45, 7) is 10.9. The second-order valence-corrected chi connectivity index (χ2v) is 13.4. The molecule has 2 aromatic rings. The Morgan fingerprint density at radius 3 is 2.11 bits per heavy atom. The third kappa shape index (κ3) is 7.19. The van der Waals surface area contributed by atoms with Crippen LogP contribution in [0.1, 0.15) is 54.9 Å². The summed E-state index contributed by atoms with van der Waals surface area (Å²) in [5.74, 6) is -1.53. The van der Waals surface area contributed by atoms with Crippen LogP contribution in [0.2, 0.25) is 0 Å². The lowest BCUT2D eigenvalue weighted by atomic mass is 9.98. The van der Waals surface area contributed by atoms with Gasteiger partial charge >= 0.3 is 19.5 Å². The first-order valence-electron chi connectivity index (χ1n) is 12.0. The van der Waals surface area contributed by atoms with Gasteiger partial charge in [-0.25, -0.2) is 4.98 Å². The van der Waals surface area contributed by atoms with Gasteiger partial charge in [0.05, 0.1) is 29.3 Å². The van der Waals surface area contributed by atoms with Gasteiger partial charge in [-0.2, -0.15) is 9.97 Å². The number of hydrogen-bond acceptors (Lipinski definition) is 13. The molecular weight excluding hydrogens is 521 g/mol. The van der Waals surface area contributed by atoms with Crippen molar-refractivity contribution in [2.75, 3.05) is 25.7 Å². The smallest absolute Gasteiger partial charge is 0.361 e. The molecule has 15 heteroatoms.